The van der Waals surface area contributed by atoms with Crippen molar-refractivity contribution in [3.63, 3.8) is 0 Å². The fourth-order valence-electron chi connectivity index (χ4n) is 3.48. The number of ether oxygens (including phenoxy) is 1. The Morgan fingerprint density at radius 1 is 1.14 bits per heavy atom. The number of carbonyl (C=O) groups excluding carboxylic acids is 2. The molecule has 1 atom stereocenters. The third-order valence-electron chi connectivity index (χ3n) is 5.40. The second-order valence-electron chi connectivity index (χ2n) is 8.94. The van der Waals surface area contributed by atoms with Crippen LogP contribution in [0.25, 0.3) is 5.65 Å². The van der Waals surface area contributed by atoms with E-state index in [0.717, 1.165) is 11.3 Å². The Bertz CT molecular complexity index is 1110. The van der Waals surface area contributed by atoms with Gasteiger partial charge in [-0.25, -0.2) is 0 Å². The topological polar surface area (TPSA) is 144 Å². The number of benzene rings is 1. The van der Waals surface area contributed by atoms with Crippen LogP contribution in [0.5, 0.6) is 0 Å². The Balaban J connectivity index is 1.81. The number of pyridine rings is 1. The molecule has 2 heterocycles. The Hall–Kier alpha value is -3.34. The number of rotatable bonds is 13. The Morgan fingerprint density at radius 2 is 1.91 bits per heavy atom. The lowest BCUT2D eigenvalue weighted by molar-refractivity contribution is -0.126. The molecule has 0 bridgehead atoms. The zero-order chi connectivity index (χ0) is 25.3. The van der Waals surface area contributed by atoms with Crippen molar-refractivity contribution >= 4 is 17.5 Å². The highest BCUT2D eigenvalue weighted by Crippen LogP contribution is 2.19. The number of amides is 2. The summed E-state index contributed by atoms with van der Waals surface area (Å²) in [7, 11) is 0. The molecule has 2 amide bonds. The average molecular weight is 483 g/mol. The van der Waals surface area contributed by atoms with Crippen LogP contribution in [-0.2, 0) is 27.4 Å². The molecule has 2 aromatic heterocycles. The number of aromatic nitrogens is 3. The van der Waals surface area contributed by atoms with Gasteiger partial charge in [-0.15, -0.1) is 10.2 Å². The maximum Gasteiger partial charge on any atom is 0.240 e. The molecule has 0 spiro atoms. The van der Waals surface area contributed by atoms with Gasteiger partial charge in [0.2, 0.25) is 11.8 Å². The number of fused-ring (bicyclic) bond motifs is 1. The van der Waals surface area contributed by atoms with Gasteiger partial charge in [0.1, 0.15) is 6.04 Å². The first-order valence-electron chi connectivity index (χ1n) is 11.7. The molecule has 0 saturated heterocycles. The molecule has 3 aromatic rings. The van der Waals surface area contributed by atoms with Gasteiger partial charge in [-0.1, -0.05) is 36.4 Å². The average Bonchev–Trinajstić information content (AvgIpc) is 3.27. The summed E-state index contributed by atoms with van der Waals surface area (Å²) in [4.78, 5) is 24.9. The minimum absolute atomic E-state index is 0.0305. The maximum absolute atomic E-state index is 12.7. The molecule has 3 rings (SSSR count). The first kappa shape index (κ1) is 26.3. The van der Waals surface area contributed by atoms with Gasteiger partial charge in [0.25, 0.3) is 0 Å². The smallest absolute Gasteiger partial charge is 0.240 e. The van der Waals surface area contributed by atoms with Crippen LogP contribution in [0, 0.1) is 0 Å². The molecule has 35 heavy (non-hydrogen) atoms. The molecule has 0 aliphatic carbocycles. The summed E-state index contributed by atoms with van der Waals surface area (Å²) >= 11 is 0. The molecule has 0 aliphatic heterocycles. The lowest BCUT2D eigenvalue weighted by Gasteiger charge is -2.24. The molecule has 0 aliphatic rings. The number of nitrogens with two attached hydrogens (primary N) is 1. The van der Waals surface area contributed by atoms with E-state index in [9.17, 15) is 9.59 Å². The molecule has 0 fully saturated rings. The summed E-state index contributed by atoms with van der Waals surface area (Å²) in [5.74, 6) is 0.0521. The number of carbonyl (C=O) groups is 2. The van der Waals surface area contributed by atoms with Crippen LogP contribution in [0.1, 0.15) is 49.8 Å². The highest BCUT2D eigenvalue weighted by molar-refractivity contribution is 5.85. The van der Waals surface area contributed by atoms with E-state index in [0.29, 0.717) is 37.5 Å². The van der Waals surface area contributed by atoms with E-state index in [-0.39, 0.29) is 31.4 Å². The summed E-state index contributed by atoms with van der Waals surface area (Å²) in [6, 6.07) is 14.7. The lowest BCUT2D eigenvalue weighted by Crippen LogP contribution is -2.51. The number of aliphatic hydroxyl groups excluding tert-OH is 1. The van der Waals surface area contributed by atoms with Crippen LogP contribution in [0.3, 0.4) is 0 Å². The summed E-state index contributed by atoms with van der Waals surface area (Å²) in [5, 5.41) is 23.2. The van der Waals surface area contributed by atoms with Crippen molar-refractivity contribution in [2.24, 2.45) is 5.73 Å². The molecular weight excluding hydrogens is 448 g/mol. The molecule has 188 valence electrons. The Kier molecular flexibility index (Phi) is 9.30. The third kappa shape index (κ3) is 7.57. The minimum atomic E-state index is -1.09. The van der Waals surface area contributed by atoms with Crippen molar-refractivity contribution in [2.75, 3.05) is 19.8 Å². The van der Waals surface area contributed by atoms with Crippen LogP contribution < -0.4 is 16.4 Å². The summed E-state index contributed by atoms with van der Waals surface area (Å²) < 4.78 is 7.79. The summed E-state index contributed by atoms with van der Waals surface area (Å²) in [6.45, 7) is 4.26. The highest BCUT2D eigenvalue weighted by Gasteiger charge is 2.28. The van der Waals surface area contributed by atoms with Gasteiger partial charge in [-0.05, 0) is 44.4 Å². The fourth-order valence-corrected chi connectivity index (χ4v) is 3.48. The van der Waals surface area contributed by atoms with Crippen molar-refractivity contribution < 1.29 is 19.4 Å². The second-order valence-corrected chi connectivity index (χ2v) is 8.94. The number of aliphatic hydroxyl groups is 1. The largest absolute Gasteiger partial charge is 0.396 e. The van der Waals surface area contributed by atoms with Gasteiger partial charge in [-0.3, -0.25) is 14.0 Å². The summed E-state index contributed by atoms with van der Waals surface area (Å²) in [6.07, 6.45) is 1.22. The van der Waals surface area contributed by atoms with Crippen LogP contribution in [-0.4, -0.2) is 56.8 Å². The second kappa shape index (κ2) is 12.4. The van der Waals surface area contributed by atoms with Crippen LogP contribution in [0.4, 0.5) is 0 Å². The predicted octanol–water partition coefficient (Wildman–Crippen LogP) is 1.27. The number of aryl methyl sites for hydroxylation is 1. The lowest BCUT2D eigenvalue weighted by atomic mass is 10.1. The molecule has 5 N–H and O–H groups in total. The molecule has 10 nitrogen and oxygen atoms in total. The van der Waals surface area contributed by atoms with Crippen molar-refractivity contribution in [3.05, 3.63) is 65.6 Å². The minimum Gasteiger partial charge on any atom is -0.396 e. The van der Waals surface area contributed by atoms with Gasteiger partial charge in [0.05, 0.1) is 18.8 Å². The van der Waals surface area contributed by atoms with Crippen LogP contribution >= 0.6 is 0 Å². The van der Waals surface area contributed by atoms with Crippen molar-refractivity contribution in [1.82, 2.24) is 25.2 Å². The number of nitrogens with one attached hydrogen (secondary N) is 2. The molecule has 1 aromatic carbocycles. The molecule has 10 heteroatoms. The monoisotopic (exact) mass is 482 g/mol. The quantitative estimate of drug-likeness (QED) is 0.269. The number of hydrogen-bond acceptors (Lipinski definition) is 7. The maximum atomic E-state index is 12.7. The SMILES string of the molecule is CC(C)(N)C(=O)N[C@H](COCc1ccccc1)c1nnc2cccc(CCC(=O)NCCCO)n12. The van der Waals surface area contributed by atoms with Crippen molar-refractivity contribution in [3.8, 4) is 0 Å². The molecule has 0 saturated carbocycles. The first-order chi connectivity index (χ1) is 16.8. The van der Waals surface area contributed by atoms with Crippen LogP contribution in [0.2, 0.25) is 0 Å². The first-order valence-corrected chi connectivity index (χ1v) is 11.7. The standard InChI is InChI=1S/C25H34N6O4/c1-25(2,26)24(34)28-20(17-35-16-18-8-4-3-5-9-18)23-30-29-21-11-6-10-19(31(21)23)12-13-22(33)27-14-7-15-32/h3-6,8-11,20,32H,7,12-17,26H2,1-2H3,(H,27,33)(H,28,34)/t20-/m1/s1. The predicted molar refractivity (Wildman–Crippen MR) is 131 cm³/mol. The summed E-state index contributed by atoms with van der Waals surface area (Å²) in [5.41, 5.74) is 7.37. The van der Waals surface area contributed by atoms with E-state index in [4.69, 9.17) is 15.6 Å². The molecule has 0 radical (unpaired) electrons. The van der Waals surface area contributed by atoms with Crippen molar-refractivity contribution in [2.45, 2.75) is 51.3 Å². The van der Waals surface area contributed by atoms with E-state index in [2.05, 4.69) is 20.8 Å². The normalized spacial score (nSPS) is 12.5. The van der Waals surface area contributed by atoms with Crippen LogP contribution in [0.15, 0.2) is 48.5 Å². The van der Waals surface area contributed by atoms with E-state index in [1.54, 1.807) is 13.8 Å². The van der Waals surface area contributed by atoms with Crippen molar-refractivity contribution in [1.29, 1.82) is 0 Å². The van der Waals surface area contributed by atoms with E-state index < -0.39 is 11.6 Å². The van der Waals surface area contributed by atoms with Gasteiger partial charge in [0, 0.05) is 25.3 Å². The third-order valence-corrected chi connectivity index (χ3v) is 5.40. The van der Waals surface area contributed by atoms with Gasteiger partial charge >= 0.3 is 0 Å². The van der Waals surface area contributed by atoms with E-state index >= 15 is 0 Å². The molecule has 0 unspecified atom stereocenters. The van der Waals surface area contributed by atoms with E-state index in [1.807, 2.05) is 52.9 Å². The Labute approximate surface area is 204 Å². The number of hydrogen-bond donors (Lipinski definition) is 4. The Morgan fingerprint density at radius 3 is 2.63 bits per heavy atom. The fraction of sp³-hybridized carbons (Fsp3) is 0.440. The van der Waals surface area contributed by atoms with E-state index in [1.165, 1.54) is 0 Å². The zero-order valence-electron chi connectivity index (χ0n) is 20.2. The van der Waals surface area contributed by atoms with Gasteiger partial charge < -0.3 is 26.2 Å². The number of nitrogens with zero attached hydrogens (tertiary/aromatic N) is 3. The van der Waals surface area contributed by atoms with Gasteiger partial charge in [0.15, 0.2) is 11.5 Å². The zero-order valence-corrected chi connectivity index (χ0v) is 20.2. The highest BCUT2D eigenvalue weighted by atomic mass is 16.5. The van der Waals surface area contributed by atoms with Gasteiger partial charge in [-0.2, -0.15) is 0 Å². The molecular formula is C25H34N6O4.